The Bertz CT molecular complexity index is 426. The van der Waals surface area contributed by atoms with Gasteiger partial charge in [-0.15, -0.1) is 0 Å². The van der Waals surface area contributed by atoms with Crippen molar-refractivity contribution in [3.05, 3.63) is 0 Å². The molecule has 1 heterocycles. The van der Waals surface area contributed by atoms with E-state index in [0.717, 1.165) is 19.3 Å². The van der Waals surface area contributed by atoms with Crippen LogP contribution in [0, 0.1) is 0 Å². The number of nitrogens with zero attached hydrogens (tertiary/aromatic N) is 2. The zero-order chi connectivity index (χ0) is 17.4. The average molecular weight is 327 g/mol. The summed E-state index contributed by atoms with van der Waals surface area (Å²) in [5.41, 5.74) is 0. The molecule has 1 fully saturated rings. The lowest BCUT2D eigenvalue weighted by molar-refractivity contribution is -0.149. The zero-order valence-corrected chi connectivity index (χ0v) is 14.4. The van der Waals surface area contributed by atoms with Crippen LogP contribution >= 0.6 is 0 Å². The zero-order valence-electron chi connectivity index (χ0n) is 14.4. The molecule has 23 heavy (non-hydrogen) atoms. The van der Waals surface area contributed by atoms with Crippen LogP contribution in [0.5, 0.6) is 0 Å². The maximum atomic E-state index is 12.2. The predicted octanol–water partition coefficient (Wildman–Crippen LogP) is 0.689. The molecule has 2 N–H and O–H groups in total. The van der Waals surface area contributed by atoms with Crippen LogP contribution in [-0.4, -0.2) is 71.0 Å². The minimum Gasteiger partial charge on any atom is -0.480 e. The molecule has 2 amide bonds. The molecule has 0 aliphatic carbocycles. The minimum absolute atomic E-state index is 0.0270. The third kappa shape index (κ3) is 6.56. The third-order valence-electron chi connectivity index (χ3n) is 4.16. The Morgan fingerprint density at radius 3 is 2.43 bits per heavy atom. The number of rotatable bonds is 8. The van der Waals surface area contributed by atoms with Gasteiger partial charge in [0.05, 0.1) is 0 Å². The van der Waals surface area contributed by atoms with Gasteiger partial charge in [0.2, 0.25) is 11.8 Å². The molecule has 1 rings (SSSR count). The maximum Gasteiger partial charge on any atom is 0.322 e. The summed E-state index contributed by atoms with van der Waals surface area (Å²) in [7, 11) is 0. The van der Waals surface area contributed by atoms with Crippen LogP contribution in [0.1, 0.15) is 46.5 Å². The largest absolute Gasteiger partial charge is 0.480 e. The van der Waals surface area contributed by atoms with E-state index >= 15 is 0 Å². The van der Waals surface area contributed by atoms with Gasteiger partial charge in [-0.25, -0.2) is 0 Å². The van der Waals surface area contributed by atoms with Crippen LogP contribution in [0.3, 0.4) is 0 Å². The van der Waals surface area contributed by atoms with Gasteiger partial charge in [0.25, 0.3) is 0 Å². The molecule has 1 saturated heterocycles. The Balaban J connectivity index is 2.34. The highest BCUT2D eigenvalue weighted by atomic mass is 16.4. The van der Waals surface area contributed by atoms with Gasteiger partial charge in [-0.3, -0.25) is 19.3 Å². The van der Waals surface area contributed by atoms with Crippen LogP contribution < -0.4 is 5.32 Å². The van der Waals surface area contributed by atoms with Crippen molar-refractivity contribution in [2.45, 2.75) is 58.5 Å². The number of carbonyl (C=O) groups excluding carboxylic acids is 2. The first-order valence-electron chi connectivity index (χ1n) is 8.33. The second-order valence-electron chi connectivity index (χ2n) is 6.32. The molecule has 1 aliphatic heterocycles. The van der Waals surface area contributed by atoms with E-state index in [1.54, 1.807) is 4.90 Å². The van der Waals surface area contributed by atoms with Crippen molar-refractivity contribution in [1.29, 1.82) is 0 Å². The smallest absolute Gasteiger partial charge is 0.322 e. The van der Waals surface area contributed by atoms with E-state index in [-0.39, 0.29) is 24.4 Å². The van der Waals surface area contributed by atoms with Gasteiger partial charge in [0.15, 0.2) is 0 Å². The normalized spacial score (nSPS) is 19.0. The number of hydrogen-bond donors (Lipinski definition) is 2. The molecule has 132 valence electrons. The lowest BCUT2D eigenvalue weighted by Gasteiger charge is -2.41. The van der Waals surface area contributed by atoms with Gasteiger partial charge < -0.3 is 15.3 Å². The molecule has 0 aromatic carbocycles. The van der Waals surface area contributed by atoms with Crippen molar-refractivity contribution < 1.29 is 19.5 Å². The number of hydrogen-bond acceptors (Lipinski definition) is 4. The lowest BCUT2D eigenvalue weighted by Crippen LogP contribution is -2.59. The number of piperazine rings is 1. The number of carbonyl (C=O) groups is 3. The van der Waals surface area contributed by atoms with Crippen LogP contribution in [0.15, 0.2) is 0 Å². The third-order valence-corrected chi connectivity index (χ3v) is 4.16. The van der Waals surface area contributed by atoms with Crippen LogP contribution in [-0.2, 0) is 14.4 Å². The van der Waals surface area contributed by atoms with Gasteiger partial charge in [-0.1, -0.05) is 6.42 Å². The SMILES string of the molecule is CC(=O)NCCCCCC(=O)N1CCN(C(C)C)[C@H](C(=O)O)C1. The molecule has 0 bridgehead atoms. The fourth-order valence-electron chi connectivity index (χ4n) is 2.86. The first-order chi connectivity index (χ1) is 10.8. The summed E-state index contributed by atoms with van der Waals surface area (Å²) >= 11 is 0. The first kappa shape index (κ1) is 19.4. The molecule has 0 spiro atoms. The second-order valence-corrected chi connectivity index (χ2v) is 6.32. The predicted molar refractivity (Wildman–Crippen MR) is 87.0 cm³/mol. The number of carboxylic acids is 1. The van der Waals surface area contributed by atoms with Crippen molar-refractivity contribution in [2.24, 2.45) is 0 Å². The highest BCUT2D eigenvalue weighted by molar-refractivity contribution is 5.79. The van der Waals surface area contributed by atoms with E-state index < -0.39 is 12.0 Å². The summed E-state index contributed by atoms with van der Waals surface area (Å²) in [5, 5.41) is 12.1. The van der Waals surface area contributed by atoms with Gasteiger partial charge in [0.1, 0.15) is 6.04 Å². The average Bonchev–Trinajstić information content (AvgIpc) is 2.49. The summed E-state index contributed by atoms with van der Waals surface area (Å²) < 4.78 is 0. The summed E-state index contributed by atoms with van der Waals surface area (Å²) in [6.07, 6.45) is 2.93. The van der Waals surface area contributed by atoms with Gasteiger partial charge in [-0.05, 0) is 26.7 Å². The highest BCUT2D eigenvalue weighted by Gasteiger charge is 2.35. The van der Waals surface area contributed by atoms with E-state index in [4.69, 9.17) is 0 Å². The Kier molecular flexibility index (Phi) is 8.02. The van der Waals surface area contributed by atoms with Gasteiger partial charge >= 0.3 is 5.97 Å². The van der Waals surface area contributed by atoms with Gasteiger partial charge in [0, 0.05) is 45.6 Å². The van der Waals surface area contributed by atoms with Crippen LogP contribution in [0.4, 0.5) is 0 Å². The number of nitrogens with one attached hydrogen (secondary N) is 1. The van der Waals surface area contributed by atoms with E-state index in [1.165, 1.54) is 6.92 Å². The van der Waals surface area contributed by atoms with Crippen LogP contribution in [0.2, 0.25) is 0 Å². The van der Waals surface area contributed by atoms with Crippen molar-refractivity contribution in [3.8, 4) is 0 Å². The number of aliphatic carboxylic acids is 1. The Labute approximate surface area is 138 Å². The van der Waals surface area contributed by atoms with E-state index in [0.29, 0.717) is 26.1 Å². The highest BCUT2D eigenvalue weighted by Crippen LogP contribution is 2.15. The van der Waals surface area contributed by atoms with E-state index in [9.17, 15) is 19.5 Å². The van der Waals surface area contributed by atoms with Crippen molar-refractivity contribution >= 4 is 17.8 Å². The van der Waals surface area contributed by atoms with Crippen molar-refractivity contribution in [3.63, 3.8) is 0 Å². The Morgan fingerprint density at radius 1 is 1.17 bits per heavy atom. The molecule has 1 atom stereocenters. The topological polar surface area (TPSA) is 90.0 Å². The summed E-state index contributed by atoms with van der Waals surface area (Å²) in [4.78, 5) is 38.0. The van der Waals surface area contributed by atoms with Gasteiger partial charge in [-0.2, -0.15) is 0 Å². The Morgan fingerprint density at radius 2 is 1.87 bits per heavy atom. The van der Waals surface area contributed by atoms with E-state index in [1.807, 2.05) is 18.7 Å². The quantitative estimate of drug-likeness (QED) is 0.640. The summed E-state index contributed by atoms with van der Waals surface area (Å²) in [6, 6.07) is -0.463. The van der Waals surface area contributed by atoms with Crippen molar-refractivity contribution in [1.82, 2.24) is 15.1 Å². The van der Waals surface area contributed by atoms with E-state index in [2.05, 4.69) is 5.32 Å². The summed E-state index contributed by atoms with van der Waals surface area (Å²) in [5.74, 6) is -0.880. The Hall–Kier alpha value is -1.63. The molecule has 0 saturated carbocycles. The monoisotopic (exact) mass is 327 g/mol. The molecule has 0 unspecified atom stereocenters. The maximum absolute atomic E-state index is 12.2. The second kappa shape index (κ2) is 9.50. The first-order valence-corrected chi connectivity index (χ1v) is 8.33. The number of carboxylic acid groups (broad SMARTS) is 1. The number of unbranched alkanes of at least 4 members (excludes halogenated alkanes) is 2. The molecule has 0 aromatic heterocycles. The van der Waals surface area contributed by atoms with Crippen LogP contribution in [0.25, 0.3) is 0 Å². The minimum atomic E-state index is -0.869. The molecule has 1 aliphatic rings. The fourth-order valence-corrected chi connectivity index (χ4v) is 2.86. The molecule has 7 heteroatoms. The number of amides is 2. The van der Waals surface area contributed by atoms with Crippen molar-refractivity contribution in [2.75, 3.05) is 26.2 Å². The molecular formula is C16H29N3O4. The molecule has 7 nitrogen and oxygen atoms in total. The lowest BCUT2D eigenvalue weighted by atomic mass is 10.1. The molecular weight excluding hydrogens is 298 g/mol. The summed E-state index contributed by atoms with van der Waals surface area (Å²) in [6.45, 7) is 7.52. The molecule has 0 radical (unpaired) electrons. The standard InChI is InChI=1S/C16H29N3O4/c1-12(2)19-10-9-18(11-14(19)16(22)23)15(21)7-5-4-6-8-17-13(3)20/h12,14H,4-11H2,1-3H3,(H,17,20)(H,22,23)/t14-/m0/s1. The molecule has 0 aromatic rings. The fraction of sp³-hybridized carbons (Fsp3) is 0.812.